The van der Waals surface area contributed by atoms with Gasteiger partial charge in [-0.05, 0) is 73.4 Å². The Morgan fingerprint density at radius 3 is 2.56 bits per heavy atom. The zero-order chi connectivity index (χ0) is 22.2. The molecular formula is C24H24Cl2N4S2. The van der Waals surface area contributed by atoms with E-state index in [1.165, 1.54) is 12.8 Å². The van der Waals surface area contributed by atoms with Crippen LogP contribution in [0.4, 0.5) is 11.4 Å². The molecule has 0 radical (unpaired) electrons. The second kappa shape index (κ2) is 9.18. The number of nitrogens with zero attached hydrogens (tertiary/aromatic N) is 3. The smallest absolute Gasteiger partial charge is 0.174 e. The lowest BCUT2D eigenvalue weighted by atomic mass is 9.98. The third-order valence-corrected chi connectivity index (χ3v) is 8.24. The molecule has 32 heavy (non-hydrogen) atoms. The van der Waals surface area contributed by atoms with Crippen molar-refractivity contribution >= 4 is 63.2 Å². The number of benzene rings is 1. The van der Waals surface area contributed by atoms with E-state index in [4.69, 9.17) is 35.4 Å². The molecule has 1 aromatic carbocycles. The van der Waals surface area contributed by atoms with Crippen molar-refractivity contribution in [1.29, 1.82) is 0 Å². The molecule has 1 N–H and O–H groups in total. The van der Waals surface area contributed by atoms with Gasteiger partial charge in [-0.25, -0.2) is 0 Å². The molecule has 2 aromatic heterocycles. The number of anilines is 2. The lowest BCUT2D eigenvalue weighted by molar-refractivity contribution is 0.438. The van der Waals surface area contributed by atoms with Gasteiger partial charge in [0.2, 0.25) is 0 Å². The van der Waals surface area contributed by atoms with Crippen LogP contribution in [0.25, 0.3) is 0 Å². The molecule has 2 atom stereocenters. The Labute approximate surface area is 208 Å². The van der Waals surface area contributed by atoms with Gasteiger partial charge in [0.15, 0.2) is 5.11 Å². The Morgan fingerprint density at radius 2 is 1.91 bits per heavy atom. The predicted octanol–water partition coefficient (Wildman–Crippen LogP) is 6.86. The second-order valence-electron chi connectivity index (χ2n) is 8.44. The Morgan fingerprint density at radius 1 is 1.09 bits per heavy atom. The first kappa shape index (κ1) is 22.0. The average Bonchev–Trinajstić information content (AvgIpc) is 3.38. The van der Waals surface area contributed by atoms with Crippen molar-refractivity contribution in [3.05, 3.63) is 74.7 Å². The van der Waals surface area contributed by atoms with Crippen molar-refractivity contribution in [2.24, 2.45) is 5.92 Å². The highest BCUT2D eigenvalue weighted by molar-refractivity contribution is 7.80. The molecule has 0 bridgehead atoms. The number of hydrogen-bond donors (Lipinski definition) is 1. The van der Waals surface area contributed by atoms with Crippen LogP contribution >= 0.6 is 46.8 Å². The molecule has 5 rings (SSSR count). The van der Waals surface area contributed by atoms with E-state index < -0.39 is 0 Å². The van der Waals surface area contributed by atoms with Gasteiger partial charge in [-0.3, -0.25) is 4.98 Å². The van der Waals surface area contributed by atoms with E-state index in [9.17, 15) is 0 Å². The van der Waals surface area contributed by atoms with E-state index in [1.54, 1.807) is 11.3 Å². The van der Waals surface area contributed by atoms with E-state index >= 15 is 0 Å². The molecule has 166 valence electrons. The fourth-order valence-corrected chi connectivity index (χ4v) is 6.39. The first-order chi connectivity index (χ1) is 15.5. The summed E-state index contributed by atoms with van der Waals surface area (Å²) in [6.07, 6.45) is 4.21. The molecule has 0 unspecified atom stereocenters. The third-order valence-electron chi connectivity index (χ3n) is 6.32. The second-order valence-corrected chi connectivity index (χ2v) is 11.0. The van der Waals surface area contributed by atoms with E-state index in [1.807, 2.05) is 36.5 Å². The zero-order valence-electron chi connectivity index (χ0n) is 17.7. The molecule has 2 fully saturated rings. The maximum atomic E-state index is 6.81. The van der Waals surface area contributed by atoms with Crippen molar-refractivity contribution < 1.29 is 0 Å². The summed E-state index contributed by atoms with van der Waals surface area (Å²) in [6, 6.07) is 16.1. The molecule has 8 heteroatoms. The molecule has 4 nitrogen and oxygen atoms in total. The largest absolute Gasteiger partial charge is 0.370 e. The third kappa shape index (κ3) is 4.21. The maximum absolute atomic E-state index is 6.81. The van der Waals surface area contributed by atoms with E-state index in [0.29, 0.717) is 5.11 Å². The summed E-state index contributed by atoms with van der Waals surface area (Å²) in [5.74, 6) is 0.777. The summed E-state index contributed by atoms with van der Waals surface area (Å²) in [5, 5.41) is 4.90. The number of rotatable bonds is 4. The van der Waals surface area contributed by atoms with Crippen LogP contribution in [0.3, 0.4) is 0 Å². The summed E-state index contributed by atoms with van der Waals surface area (Å²) < 4.78 is 0.755. The van der Waals surface area contributed by atoms with E-state index in [-0.39, 0.29) is 12.1 Å². The van der Waals surface area contributed by atoms with Crippen molar-refractivity contribution in [2.45, 2.75) is 31.8 Å². The monoisotopic (exact) mass is 502 g/mol. The number of pyridine rings is 1. The highest BCUT2D eigenvalue weighted by atomic mass is 35.5. The van der Waals surface area contributed by atoms with Gasteiger partial charge in [0.25, 0.3) is 0 Å². The van der Waals surface area contributed by atoms with Crippen LogP contribution in [0, 0.1) is 5.92 Å². The number of thiophene rings is 1. The molecule has 0 spiro atoms. The van der Waals surface area contributed by atoms with Gasteiger partial charge in [-0.2, -0.15) is 0 Å². The zero-order valence-corrected chi connectivity index (χ0v) is 20.8. The average molecular weight is 504 g/mol. The van der Waals surface area contributed by atoms with Crippen LogP contribution in [-0.4, -0.2) is 23.2 Å². The number of piperidine rings is 1. The molecule has 2 aliphatic heterocycles. The normalized spacial score (nSPS) is 21.8. The van der Waals surface area contributed by atoms with Crippen LogP contribution in [0.5, 0.6) is 0 Å². The number of aromatic nitrogens is 1. The summed E-state index contributed by atoms with van der Waals surface area (Å²) in [6.45, 7) is 4.41. The number of halogens is 2. The SMILES string of the molecule is CC1CCN(c2ccc(N3C(=S)N[C@@H](c4ccccn4)[C@H]3c3ccc(Cl)s3)cc2Cl)CC1. The van der Waals surface area contributed by atoms with Crippen molar-refractivity contribution in [2.75, 3.05) is 22.9 Å². The van der Waals surface area contributed by atoms with Gasteiger partial charge in [-0.15, -0.1) is 11.3 Å². The minimum Gasteiger partial charge on any atom is -0.370 e. The van der Waals surface area contributed by atoms with Crippen LogP contribution in [0.1, 0.15) is 42.4 Å². The number of thiocarbonyl (C=S) groups is 1. The van der Waals surface area contributed by atoms with Gasteiger partial charge < -0.3 is 15.1 Å². The van der Waals surface area contributed by atoms with Crippen molar-refractivity contribution in [3.63, 3.8) is 0 Å². The Kier molecular flexibility index (Phi) is 6.30. The molecule has 0 aliphatic carbocycles. The highest BCUT2D eigenvalue weighted by Gasteiger charge is 2.41. The summed E-state index contributed by atoms with van der Waals surface area (Å²) in [4.78, 5) is 10.3. The lowest BCUT2D eigenvalue weighted by Gasteiger charge is -2.33. The molecule has 4 heterocycles. The van der Waals surface area contributed by atoms with Crippen LogP contribution in [0.2, 0.25) is 9.36 Å². The number of nitrogens with one attached hydrogen (secondary N) is 1. The van der Waals surface area contributed by atoms with Gasteiger partial charge in [0, 0.05) is 29.9 Å². The first-order valence-corrected chi connectivity index (χ1v) is 12.8. The molecule has 2 aliphatic rings. The fourth-order valence-electron chi connectivity index (χ4n) is 4.56. The highest BCUT2D eigenvalue weighted by Crippen LogP contribution is 2.45. The van der Waals surface area contributed by atoms with Gasteiger partial charge >= 0.3 is 0 Å². The van der Waals surface area contributed by atoms with Crippen molar-refractivity contribution in [1.82, 2.24) is 10.3 Å². The number of hydrogen-bond acceptors (Lipinski definition) is 4. The quantitative estimate of drug-likeness (QED) is 0.393. The maximum Gasteiger partial charge on any atom is 0.174 e. The predicted molar refractivity (Wildman–Crippen MR) is 139 cm³/mol. The van der Waals surface area contributed by atoms with Crippen molar-refractivity contribution in [3.8, 4) is 0 Å². The molecular weight excluding hydrogens is 479 g/mol. The van der Waals surface area contributed by atoms with Crippen LogP contribution in [0.15, 0.2) is 54.7 Å². The Balaban J connectivity index is 1.51. The fraction of sp³-hybridized carbons (Fsp3) is 0.333. The molecule has 2 saturated heterocycles. The summed E-state index contributed by atoms with van der Waals surface area (Å²) in [5.41, 5.74) is 3.00. The topological polar surface area (TPSA) is 31.4 Å². The molecule has 0 saturated carbocycles. The van der Waals surface area contributed by atoms with Crippen LogP contribution < -0.4 is 15.1 Å². The summed E-state index contributed by atoms with van der Waals surface area (Å²) >= 11 is 20.5. The first-order valence-electron chi connectivity index (χ1n) is 10.8. The Bertz CT molecular complexity index is 1110. The van der Waals surface area contributed by atoms with Gasteiger partial charge in [-0.1, -0.05) is 36.2 Å². The Hall–Kier alpha value is -1.86. The molecule has 0 amide bonds. The van der Waals surface area contributed by atoms with E-state index in [0.717, 1.165) is 50.3 Å². The summed E-state index contributed by atoms with van der Waals surface area (Å²) in [7, 11) is 0. The lowest BCUT2D eigenvalue weighted by Crippen LogP contribution is -2.33. The van der Waals surface area contributed by atoms with Crippen LogP contribution in [-0.2, 0) is 0 Å². The van der Waals surface area contributed by atoms with Gasteiger partial charge in [0.05, 0.1) is 32.8 Å². The minimum atomic E-state index is -0.0829. The standard InChI is InChI=1S/C24H24Cl2N4S2/c1-15-9-12-29(13-10-15)19-6-5-16(14-17(19)25)30-23(20-7-8-21(26)32-20)22(28-24(30)31)18-4-2-3-11-27-18/h2-8,11,14-15,22-23H,9-10,12-13H2,1H3,(H,28,31)/t22-,23+/m0/s1. The van der Waals surface area contributed by atoms with E-state index in [2.05, 4.69) is 45.2 Å². The minimum absolute atomic E-state index is 0.0624. The van der Waals surface area contributed by atoms with Gasteiger partial charge in [0.1, 0.15) is 0 Å². The molecule has 3 aromatic rings.